The predicted octanol–water partition coefficient (Wildman–Crippen LogP) is -3.22. The van der Waals surface area contributed by atoms with Gasteiger partial charge in [0.2, 0.25) is 0 Å². The molecule has 1 spiro atoms. The molecule has 0 aromatic rings. The van der Waals surface area contributed by atoms with Gasteiger partial charge in [-0.3, -0.25) is 13.9 Å². The first-order chi connectivity index (χ1) is 40.6. The topological polar surface area (TPSA) is 457 Å². The third-order valence-corrected chi connectivity index (χ3v) is 21.7. The summed E-state index contributed by atoms with van der Waals surface area (Å²) in [7, 11) is -9.36. The fourth-order valence-electron chi connectivity index (χ4n) is 16.5. The highest BCUT2D eigenvalue weighted by molar-refractivity contribution is 7.81. The van der Waals surface area contributed by atoms with Crippen LogP contribution in [0.5, 0.6) is 0 Å². The van der Waals surface area contributed by atoms with Gasteiger partial charge in [0, 0.05) is 18.4 Å². The Hall–Kier alpha value is -2.15. The number of allylic oxidation sites excluding steroid dienone is 2. The van der Waals surface area contributed by atoms with E-state index < -0.39 is 211 Å². The number of hydrogen-bond acceptors (Lipinski definition) is 29. The molecule has 31 atom stereocenters. The summed E-state index contributed by atoms with van der Waals surface area (Å²) >= 11 is 0. The van der Waals surface area contributed by atoms with E-state index in [0.29, 0.717) is 32.1 Å². The van der Waals surface area contributed by atoms with Crippen LogP contribution in [0.2, 0.25) is 0 Å². The number of aliphatic hydroxyl groups excluding tert-OH is 10. The van der Waals surface area contributed by atoms with Gasteiger partial charge in [-0.15, -0.1) is 0 Å². The van der Waals surface area contributed by atoms with Crippen molar-refractivity contribution in [3.63, 3.8) is 0 Å². The highest BCUT2D eigenvalue weighted by Gasteiger charge is 2.76. The average Bonchev–Trinajstić information content (AvgIpc) is 1.56. The molecule has 12 N–H and O–H groups in total. The zero-order chi connectivity index (χ0) is 63.6. The molecule has 0 aromatic heterocycles. The van der Waals surface area contributed by atoms with E-state index in [1.807, 2.05) is 20.8 Å². The van der Waals surface area contributed by atoms with Gasteiger partial charge < -0.3 is 108 Å². The maximum Gasteiger partial charge on any atom is 0.397 e. The second-order valence-electron chi connectivity index (χ2n) is 26.1. The molecule has 6 heterocycles. The van der Waals surface area contributed by atoms with Crippen LogP contribution in [0.15, 0.2) is 23.8 Å². The molecular formula is C54H84O31S2. The lowest BCUT2D eigenvalue weighted by molar-refractivity contribution is -0.405. The highest BCUT2D eigenvalue weighted by Crippen LogP contribution is 2.76. The first kappa shape index (κ1) is 67.7. The summed E-state index contributed by atoms with van der Waals surface area (Å²) in [5.74, 6) is -0.221. The third-order valence-electron chi connectivity index (χ3n) is 20.8. The molecule has 498 valence electrons. The zero-order valence-electron chi connectivity index (χ0n) is 49.0. The van der Waals surface area contributed by atoms with E-state index in [-0.39, 0.29) is 35.2 Å². The number of esters is 1. The standard InChI is InChI=1S/C54H84O31S2/c1-20(2)31-25-15-53(7)23-9-10-29-51(4,5)30(12-13-52(29,6)22(23)11-14-54(31,53)50(65)79-25)80-48-43(34(59)28(18-74-48)85-87(69,70)71)84-49-44(83-46-36(61)35(60)32(57)26(16-55)77-46)37(62)40(21(3)76-49)81-47-39(64)42(33(58)27(78-47)19-75-86(66,67)68)82-45-38(63)41(72-8)24(56)17-73-45/h9,21-22,24-49,55-64H,1,10-19H2,2-8H3,(H,66,67,68)(H,69,70,71)/t21-,22-,24-,25+,26-,27-,28-,29+,30+,31+,32-,33-,34+,35+,36-,37+,38-,39-,40-,41+,42+,43-,44-,45+,46+,47+,48+,49+,52-,53+,54-/m1/s1. The van der Waals surface area contributed by atoms with Gasteiger partial charge in [0.25, 0.3) is 0 Å². The quantitative estimate of drug-likeness (QED) is 0.0365. The van der Waals surface area contributed by atoms with Gasteiger partial charge in [-0.05, 0) is 75.0 Å². The Morgan fingerprint density at radius 3 is 1.95 bits per heavy atom. The summed E-state index contributed by atoms with van der Waals surface area (Å²) in [6.45, 7) is 12.8. The normalized spacial score (nSPS) is 50.7. The van der Waals surface area contributed by atoms with Gasteiger partial charge in [0.15, 0.2) is 31.5 Å². The van der Waals surface area contributed by atoms with E-state index in [1.54, 1.807) is 0 Å². The summed E-state index contributed by atoms with van der Waals surface area (Å²) in [6.07, 6.45) is -38.4. The molecule has 10 rings (SSSR count). The maximum atomic E-state index is 13.9. The lowest BCUT2D eigenvalue weighted by atomic mass is 9.40. The van der Waals surface area contributed by atoms with Crippen LogP contribution in [0.4, 0.5) is 0 Å². The van der Waals surface area contributed by atoms with Crippen molar-refractivity contribution in [3.8, 4) is 0 Å². The molecule has 0 radical (unpaired) electrons. The SMILES string of the molecule is C=C(C)[C@H]1[C@@H]2C[C@@]3(C)C4=CC[C@H]5C(C)(C)[C@@H](O[C@@H]6OC[C@@H](OS(=O)(=O)O)[C@H](O)[C@H]6O[C@@H]6O[C@H](C)[C@@H](O[C@@H]7O[C@H](COS(=O)(=O)O)[C@@H](O)[C@H](O[C@@H]8OC[C@@H](O)[C@H](OC)[C@H]8O)[C@H]7O)[C@H](O)[C@H]6O[C@@H]6O[C@H](CO)[C@@H](O)[C@H](O)[C@H]6O)CC[C@]5(C)[C@@H]4CC[C@]13C(=O)O2. The Bertz CT molecular complexity index is 2760. The molecule has 2 bridgehead atoms. The largest absolute Gasteiger partial charge is 0.461 e. The summed E-state index contributed by atoms with van der Waals surface area (Å²) in [5, 5.41) is 112. The lowest BCUT2D eigenvalue weighted by Crippen LogP contribution is -2.68. The summed E-state index contributed by atoms with van der Waals surface area (Å²) in [6, 6.07) is 0. The minimum atomic E-state index is -5.30. The van der Waals surface area contributed by atoms with Crippen LogP contribution in [0.3, 0.4) is 0 Å². The van der Waals surface area contributed by atoms with Gasteiger partial charge in [0.1, 0.15) is 110 Å². The Morgan fingerprint density at radius 1 is 0.678 bits per heavy atom. The van der Waals surface area contributed by atoms with Crippen LogP contribution in [-0.2, 0) is 90.8 Å². The summed E-state index contributed by atoms with van der Waals surface area (Å²) < 4.78 is 148. The fourth-order valence-corrected chi connectivity index (χ4v) is 17.3. The molecular weight excluding hydrogens is 1210 g/mol. The average molecular weight is 1290 g/mol. The van der Waals surface area contributed by atoms with Crippen molar-refractivity contribution >= 4 is 26.8 Å². The van der Waals surface area contributed by atoms with E-state index in [0.717, 1.165) is 12.0 Å². The number of carbonyl (C=O) groups is 1. The predicted molar refractivity (Wildman–Crippen MR) is 285 cm³/mol. The van der Waals surface area contributed by atoms with Crippen molar-refractivity contribution in [1.29, 1.82) is 0 Å². The fraction of sp³-hybridized carbons (Fsp3) is 0.907. The molecule has 9 fully saturated rings. The molecule has 31 nitrogen and oxygen atoms in total. The van der Waals surface area contributed by atoms with Crippen LogP contribution in [0.1, 0.15) is 80.1 Å². The van der Waals surface area contributed by atoms with Gasteiger partial charge in [-0.25, -0.2) is 8.37 Å². The van der Waals surface area contributed by atoms with Crippen LogP contribution in [-0.4, -0.2) is 270 Å². The van der Waals surface area contributed by atoms with Crippen molar-refractivity contribution in [3.05, 3.63) is 23.8 Å². The van der Waals surface area contributed by atoms with Crippen molar-refractivity contribution in [1.82, 2.24) is 0 Å². The van der Waals surface area contributed by atoms with Crippen molar-refractivity contribution in [2.75, 3.05) is 33.5 Å². The number of rotatable bonds is 18. The minimum absolute atomic E-state index is 0.0430. The Morgan fingerprint density at radius 2 is 1.30 bits per heavy atom. The van der Waals surface area contributed by atoms with Crippen molar-refractivity contribution in [2.45, 2.75) is 234 Å². The van der Waals surface area contributed by atoms with Crippen LogP contribution in [0.25, 0.3) is 0 Å². The molecule has 87 heavy (non-hydrogen) atoms. The van der Waals surface area contributed by atoms with Gasteiger partial charge in [-0.2, -0.15) is 16.8 Å². The Balaban J connectivity index is 0.936. The smallest absolute Gasteiger partial charge is 0.397 e. The second kappa shape index (κ2) is 25.0. The van der Waals surface area contributed by atoms with Crippen LogP contribution >= 0.6 is 0 Å². The van der Waals surface area contributed by atoms with E-state index >= 15 is 0 Å². The second-order valence-corrected chi connectivity index (χ2v) is 28.2. The monoisotopic (exact) mass is 1290 g/mol. The minimum Gasteiger partial charge on any atom is -0.461 e. The van der Waals surface area contributed by atoms with Gasteiger partial charge in [0.05, 0.1) is 44.1 Å². The van der Waals surface area contributed by atoms with Crippen LogP contribution < -0.4 is 0 Å². The first-order valence-corrected chi connectivity index (χ1v) is 31.9. The van der Waals surface area contributed by atoms with Crippen molar-refractivity contribution in [2.24, 2.45) is 39.4 Å². The molecule has 0 unspecified atom stereocenters. The third kappa shape index (κ3) is 12.1. The number of fused-ring (bicyclic) bond motifs is 5. The number of methoxy groups -OCH3 is 1. The van der Waals surface area contributed by atoms with Gasteiger partial charge in [-0.1, -0.05) is 51.5 Å². The summed E-state index contributed by atoms with van der Waals surface area (Å²) in [4.78, 5) is 13.9. The molecule has 0 amide bonds. The molecule has 10 aliphatic rings. The molecule has 6 aliphatic heterocycles. The van der Waals surface area contributed by atoms with E-state index in [1.165, 1.54) is 19.6 Å². The highest BCUT2D eigenvalue weighted by atomic mass is 32.3. The Labute approximate surface area is 502 Å². The molecule has 0 aromatic carbocycles. The molecule has 6 saturated heterocycles. The lowest BCUT2D eigenvalue weighted by Gasteiger charge is -2.64. The van der Waals surface area contributed by atoms with E-state index in [4.69, 9.17) is 61.0 Å². The van der Waals surface area contributed by atoms with Gasteiger partial charge >= 0.3 is 26.8 Å². The number of carbonyl (C=O) groups excluding carboxylic acids is 1. The van der Waals surface area contributed by atoms with E-state index in [2.05, 4.69) is 30.7 Å². The molecule has 4 aliphatic carbocycles. The number of ether oxygens (including phenoxy) is 12. The number of aliphatic hydroxyl groups is 10. The zero-order valence-corrected chi connectivity index (χ0v) is 50.6. The Kier molecular flexibility index (Phi) is 19.4. The molecule has 33 heteroatoms. The first-order valence-electron chi connectivity index (χ1n) is 29.2. The molecule has 3 saturated carbocycles. The maximum absolute atomic E-state index is 13.9. The van der Waals surface area contributed by atoms with Crippen LogP contribution in [0, 0.1) is 39.4 Å². The van der Waals surface area contributed by atoms with E-state index in [9.17, 15) is 81.8 Å². The van der Waals surface area contributed by atoms with Crippen molar-refractivity contribution < 1.29 is 147 Å². The summed E-state index contributed by atoms with van der Waals surface area (Å²) in [5.41, 5.74) is 0.00968. The number of hydrogen-bond donors (Lipinski definition) is 12.